The third-order valence-corrected chi connectivity index (χ3v) is 4.75. The minimum atomic E-state index is 0.411. The summed E-state index contributed by atoms with van der Waals surface area (Å²) in [6.07, 6.45) is 7.14. The fourth-order valence-electron chi connectivity index (χ4n) is 3.20. The molecule has 1 saturated carbocycles. The van der Waals surface area contributed by atoms with Crippen LogP contribution in [0.4, 0.5) is 0 Å². The number of hydrogen-bond donors (Lipinski definition) is 1. The monoisotopic (exact) mass is 262 g/mol. The van der Waals surface area contributed by atoms with Crippen molar-refractivity contribution in [3.63, 3.8) is 0 Å². The molecule has 1 atom stereocenters. The summed E-state index contributed by atoms with van der Waals surface area (Å²) >= 11 is 0. The maximum atomic E-state index is 5.52. The molecule has 2 aliphatic rings. The van der Waals surface area contributed by atoms with Crippen LogP contribution in [-0.4, -0.2) is 30.1 Å². The first kappa shape index (κ1) is 13.2. The van der Waals surface area contributed by atoms with Gasteiger partial charge < -0.3 is 9.73 Å². The van der Waals surface area contributed by atoms with Crippen LogP contribution in [0, 0.1) is 5.41 Å². The second kappa shape index (κ2) is 5.29. The Balaban J connectivity index is 1.64. The Morgan fingerprint density at radius 2 is 2.26 bits per heavy atom. The molecular formula is C16H26N2O. The van der Waals surface area contributed by atoms with E-state index >= 15 is 0 Å². The van der Waals surface area contributed by atoms with Crippen LogP contribution in [0.2, 0.25) is 0 Å². The molecule has 106 valence electrons. The van der Waals surface area contributed by atoms with E-state index in [4.69, 9.17) is 4.42 Å². The zero-order valence-corrected chi connectivity index (χ0v) is 12.2. The van der Waals surface area contributed by atoms with Crippen LogP contribution in [0.15, 0.2) is 22.8 Å². The van der Waals surface area contributed by atoms with Gasteiger partial charge in [0.15, 0.2) is 0 Å². The topological polar surface area (TPSA) is 28.4 Å². The van der Waals surface area contributed by atoms with Crippen molar-refractivity contribution in [1.82, 2.24) is 10.2 Å². The zero-order chi connectivity index (χ0) is 13.3. The van der Waals surface area contributed by atoms with Crippen molar-refractivity contribution >= 4 is 0 Å². The smallest absolute Gasteiger partial charge is 0.117 e. The number of furan rings is 1. The van der Waals surface area contributed by atoms with E-state index in [0.29, 0.717) is 11.5 Å². The first-order chi connectivity index (χ1) is 9.15. The molecule has 1 aliphatic heterocycles. The molecule has 0 amide bonds. The van der Waals surface area contributed by atoms with Gasteiger partial charge in [0.1, 0.15) is 5.76 Å². The fourth-order valence-corrected chi connectivity index (χ4v) is 3.20. The summed E-state index contributed by atoms with van der Waals surface area (Å²) in [6, 6.07) is 5.47. The minimum absolute atomic E-state index is 0.411. The van der Waals surface area contributed by atoms with Crippen molar-refractivity contribution in [3.8, 4) is 0 Å². The van der Waals surface area contributed by atoms with Crippen molar-refractivity contribution in [1.29, 1.82) is 0 Å². The fraction of sp³-hybridized carbons (Fsp3) is 0.750. The summed E-state index contributed by atoms with van der Waals surface area (Å²) in [4.78, 5) is 2.61. The van der Waals surface area contributed by atoms with Crippen LogP contribution in [-0.2, 0) is 6.54 Å². The quantitative estimate of drug-likeness (QED) is 0.884. The van der Waals surface area contributed by atoms with Crippen molar-refractivity contribution < 1.29 is 4.42 Å². The van der Waals surface area contributed by atoms with Gasteiger partial charge >= 0.3 is 0 Å². The summed E-state index contributed by atoms with van der Waals surface area (Å²) in [5, 5.41) is 3.73. The van der Waals surface area contributed by atoms with Crippen LogP contribution >= 0.6 is 0 Å². The Labute approximate surface area is 116 Å². The Morgan fingerprint density at radius 3 is 2.89 bits per heavy atom. The van der Waals surface area contributed by atoms with E-state index in [1.807, 2.05) is 6.07 Å². The van der Waals surface area contributed by atoms with Gasteiger partial charge in [-0.1, -0.05) is 13.8 Å². The molecular weight excluding hydrogens is 236 g/mol. The molecule has 1 N–H and O–H groups in total. The number of hydrogen-bond acceptors (Lipinski definition) is 3. The predicted octanol–water partition coefficient (Wildman–Crippen LogP) is 3.02. The molecule has 3 nitrogen and oxygen atoms in total. The Morgan fingerprint density at radius 1 is 1.42 bits per heavy atom. The predicted molar refractivity (Wildman–Crippen MR) is 76.9 cm³/mol. The molecule has 19 heavy (non-hydrogen) atoms. The van der Waals surface area contributed by atoms with Crippen LogP contribution < -0.4 is 5.32 Å². The maximum Gasteiger partial charge on any atom is 0.117 e. The van der Waals surface area contributed by atoms with Gasteiger partial charge in [0.05, 0.1) is 12.8 Å². The van der Waals surface area contributed by atoms with Crippen molar-refractivity contribution in [3.05, 3.63) is 24.2 Å². The van der Waals surface area contributed by atoms with Crippen LogP contribution in [0.25, 0.3) is 0 Å². The van der Waals surface area contributed by atoms with Crippen LogP contribution in [0.5, 0.6) is 0 Å². The molecule has 1 aromatic heterocycles. The standard InChI is InChI=1S/C16H26N2O/c1-16(2)8-4-9-17-15(16)12-18(13-6-7-13)11-14-5-3-10-19-14/h3,5,10,13,15,17H,4,6-9,11-12H2,1-2H3. The van der Waals surface area contributed by atoms with E-state index in [9.17, 15) is 0 Å². The van der Waals surface area contributed by atoms with Crippen molar-refractivity contribution in [2.75, 3.05) is 13.1 Å². The highest BCUT2D eigenvalue weighted by Gasteiger charge is 2.37. The molecule has 0 spiro atoms. The Hall–Kier alpha value is -0.800. The maximum absolute atomic E-state index is 5.52. The van der Waals surface area contributed by atoms with Gasteiger partial charge in [-0.05, 0) is 49.8 Å². The molecule has 2 heterocycles. The Kier molecular flexibility index (Phi) is 3.68. The molecule has 0 bridgehead atoms. The highest BCUT2D eigenvalue weighted by molar-refractivity contribution is 5.01. The van der Waals surface area contributed by atoms with Gasteiger partial charge in [-0.2, -0.15) is 0 Å². The van der Waals surface area contributed by atoms with Crippen molar-refractivity contribution in [2.24, 2.45) is 5.41 Å². The summed E-state index contributed by atoms with van der Waals surface area (Å²) in [5.41, 5.74) is 0.411. The molecule has 1 saturated heterocycles. The lowest BCUT2D eigenvalue weighted by Crippen LogP contribution is -2.53. The van der Waals surface area contributed by atoms with E-state index in [2.05, 4.69) is 30.1 Å². The van der Waals surface area contributed by atoms with Gasteiger partial charge in [0.25, 0.3) is 0 Å². The average Bonchev–Trinajstić information content (AvgIpc) is 3.09. The third kappa shape index (κ3) is 3.21. The van der Waals surface area contributed by atoms with Gasteiger partial charge in [-0.15, -0.1) is 0 Å². The molecule has 2 fully saturated rings. The number of nitrogens with one attached hydrogen (secondary N) is 1. The molecule has 1 aliphatic carbocycles. The van der Waals surface area contributed by atoms with Crippen LogP contribution in [0.3, 0.4) is 0 Å². The highest BCUT2D eigenvalue weighted by atomic mass is 16.3. The third-order valence-electron chi connectivity index (χ3n) is 4.75. The number of rotatable bonds is 5. The van der Waals surface area contributed by atoms with Gasteiger partial charge in [0, 0.05) is 18.6 Å². The summed E-state index contributed by atoms with van der Waals surface area (Å²) in [7, 11) is 0. The lowest BCUT2D eigenvalue weighted by Gasteiger charge is -2.42. The van der Waals surface area contributed by atoms with Gasteiger partial charge in [0.2, 0.25) is 0 Å². The van der Waals surface area contributed by atoms with Crippen LogP contribution in [0.1, 0.15) is 45.3 Å². The average molecular weight is 262 g/mol. The molecule has 3 rings (SSSR count). The minimum Gasteiger partial charge on any atom is -0.468 e. The number of piperidine rings is 1. The second-order valence-electron chi connectivity index (χ2n) is 6.84. The highest BCUT2D eigenvalue weighted by Crippen LogP contribution is 2.34. The van der Waals surface area contributed by atoms with Crippen molar-refractivity contribution in [2.45, 2.75) is 58.2 Å². The molecule has 3 heteroatoms. The first-order valence-electron chi connectivity index (χ1n) is 7.65. The summed E-state index contributed by atoms with van der Waals surface area (Å²) < 4.78 is 5.52. The van der Waals surface area contributed by atoms with E-state index < -0.39 is 0 Å². The number of nitrogens with zero attached hydrogens (tertiary/aromatic N) is 1. The largest absolute Gasteiger partial charge is 0.468 e. The van der Waals surface area contributed by atoms with E-state index in [1.165, 1.54) is 32.2 Å². The van der Waals surface area contributed by atoms with E-state index in [-0.39, 0.29) is 0 Å². The molecule has 0 aromatic carbocycles. The first-order valence-corrected chi connectivity index (χ1v) is 7.65. The van der Waals surface area contributed by atoms with Gasteiger partial charge in [-0.3, -0.25) is 4.90 Å². The summed E-state index contributed by atoms with van der Waals surface area (Å²) in [5.74, 6) is 1.10. The van der Waals surface area contributed by atoms with Gasteiger partial charge in [-0.25, -0.2) is 0 Å². The summed E-state index contributed by atoms with van der Waals surface area (Å²) in [6.45, 7) is 8.10. The Bertz CT molecular complexity index is 395. The zero-order valence-electron chi connectivity index (χ0n) is 12.2. The normalized spacial score (nSPS) is 26.8. The second-order valence-corrected chi connectivity index (χ2v) is 6.84. The lowest BCUT2D eigenvalue weighted by molar-refractivity contribution is 0.114. The molecule has 1 unspecified atom stereocenters. The SMILES string of the molecule is CC1(C)CCCNC1CN(Cc1ccco1)C1CC1. The molecule has 0 radical (unpaired) electrons. The lowest BCUT2D eigenvalue weighted by atomic mass is 9.77. The molecule has 1 aromatic rings. The van der Waals surface area contributed by atoms with E-state index in [1.54, 1.807) is 6.26 Å². The van der Waals surface area contributed by atoms with E-state index in [0.717, 1.165) is 24.9 Å².